The molecule has 1 aromatic carbocycles. The highest BCUT2D eigenvalue weighted by Crippen LogP contribution is 2.11. The third kappa shape index (κ3) is 4.62. The Kier molecular flexibility index (Phi) is 5.43. The zero-order valence-electron chi connectivity index (χ0n) is 11.5. The number of sulfonamides is 1. The van der Waals surface area contributed by atoms with E-state index in [0.29, 0.717) is 25.8 Å². The highest BCUT2D eigenvalue weighted by molar-refractivity contribution is 7.89. The Morgan fingerprint density at radius 2 is 1.95 bits per heavy atom. The summed E-state index contributed by atoms with van der Waals surface area (Å²) >= 11 is 0. The summed E-state index contributed by atoms with van der Waals surface area (Å²) in [5.74, 6) is 0.738. The molecule has 1 heterocycles. The second-order valence-electron chi connectivity index (χ2n) is 4.55. The highest BCUT2D eigenvalue weighted by atomic mass is 32.2. The molecule has 0 spiro atoms. The van der Waals surface area contributed by atoms with Gasteiger partial charge in [-0.2, -0.15) is 5.10 Å². The van der Waals surface area contributed by atoms with E-state index < -0.39 is 10.0 Å². The van der Waals surface area contributed by atoms with Crippen LogP contribution in [-0.2, 0) is 22.9 Å². The van der Waals surface area contributed by atoms with Crippen LogP contribution in [0.15, 0.2) is 35.5 Å². The maximum absolute atomic E-state index is 12.1. The van der Waals surface area contributed by atoms with Gasteiger partial charge in [-0.1, -0.05) is 12.1 Å². The van der Waals surface area contributed by atoms with Gasteiger partial charge in [0.25, 0.3) is 0 Å². The first-order valence-corrected chi connectivity index (χ1v) is 8.14. The van der Waals surface area contributed by atoms with Crippen LogP contribution in [0.1, 0.15) is 17.8 Å². The molecular formula is C13H18N4O3S. The largest absolute Gasteiger partial charge is 0.396 e. The highest BCUT2D eigenvalue weighted by Gasteiger charge is 2.12. The van der Waals surface area contributed by atoms with E-state index in [9.17, 15) is 8.42 Å². The zero-order chi connectivity index (χ0) is 15.1. The molecule has 0 atom stereocenters. The number of nitrogens with zero attached hydrogens (tertiary/aromatic N) is 2. The number of hydrogen-bond acceptors (Lipinski definition) is 5. The molecule has 0 bridgehead atoms. The molecule has 7 nitrogen and oxygen atoms in total. The summed E-state index contributed by atoms with van der Waals surface area (Å²) in [4.78, 5) is 4.20. The van der Waals surface area contributed by atoms with E-state index in [0.717, 1.165) is 11.4 Å². The van der Waals surface area contributed by atoms with Crippen molar-refractivity contribution in [3.8, 4) is 0 Å². The number of H-pyrrole nitrogens is 1. The van der Waals surface area contributed by atoms with Crippen molar-refractivity contribution in [2.45, 2.75) is 24.2 Å². The van der Waals surface area contributed by atoms with E-state index in [4.69, 9.17) is 5.11 Å². The van der Waals surface area contributed by atoms with Crippen LogP contribution in [-0.4, -0.2) is 41.9 Å². The quantitative estimate of drug-likeness (QED) is 0.606. The van der Waals surface area contributed by atoms with Crippen LogP contribution < -0.4 is 4.72 Å². The first-order valence-electron chi connectivity index (χ1n) is 6.65. The number of rotatable bonds is 8. The van der Waals surface area contributed by atoms with Gasteiger partial charge < -0.3 is 5.11 Å². The molecule has 0 unspecified atom stereocenters. The molecule has 3 N–H and O–H groups in total. The minimum absolute atomic E-state index is 0.0476. The van der Waals surface area contributed by atoms with E-state index in [2.05, 4.69) is 19.9 Å². The van der Waals surface area contributed by atoms with Gasteiger partial charge in [-0.05, 0) is 30.5 Å². The lowest BCUT2D eigenvalue weighted by molar-refractivity contribution is 0.299. The predicted molar refractivity (Wildman–Crippen MR) is 77.1 cm³/mol. The standard InChI is InChI=1S/C13H18N4O3S/c18-9-7-11-3-5-12(6-4-11)21(19,20)16-8-1-2-13-14-10-15-17-13/h3-6,10,16,18H,1-2,7-9H2,(H,14,15,17). The molecule has 0 fully saturated rings. The normalized spacial score (nSPS) is 11.7. The summed E-state index contributed by atoms with van der Waals surface area (Å²) in [6.07, 6.45) is 3.22. The molecule has 0 aliphatic carbocycles. The molecule has 0 aliphatic rings. The van der Waals surface area contributed by atoms with Gasteiger partial charge in [0, 0.05) is 19.6 Å². The van der Waals surface area contributed by atoms with E-state index in [1.54, 1.807) is 24.3 Å². The average Bonchev–Trinajstić information content (AvgIpc) is 2.98. The van der Waals surface area contributed by atoms with Crippen molar-refractivity contribution in [2.24, 2.45) is 0 Å². The maximum Gasteiger partial charge on any atom is 0.240 e. The zero-order valence-corrected chi connectivity index (χ0v) is 12.3. The average molecular weight is 310 g/mol. The van der Waals surface area contributed by atoms with Gasteiger partial charge in [0.1, 0.15) is 12.2 Å². The number of benzene rings is 1. The van der Waals surface area contributed by atoms with Crippen molar-refractivity contribution in [3.63, 3.8) is 0 Å². The van der Waals surface area contributed by atoms with Crippen LogP contribution in [0.5, 0.6) is 0 Å². The molecule has 2 aromatic rings. The first-order chi connectivity index (χ1) is 10.1. The monoisotopic (exact) mass is 310 g/mol. The fourth-order valence-corrected chi connectivity index (χ4v) is 2.94. The van der Waals surface area contributed by atoms with E-state index in [-0.39, 0.29) is 11.5 Å². The number of nitrogens with one attached hydrogen (secondary N) is 2. The molecule has 0 saturated carbocycles. The minimum atomic E-state index is -3.49. The van der Waals surface area contributed by atoms with Crippen LogP contribution >= 0.6 is 0 Å². The van der Waals surface area contributed by atoms with Gasteiger partial charge in [-0.25, -0.2) is 18.1 Å². The summed E-state index contributed by atoms with van der Waals surface area (Å²) < 4.78 is 26.7. The summed E-state index contributed by atoms with van der Waals surface area (Å²) in [6.45, 7) is 0.382. The molecule has 8 heteroatoms. The fourth-order valence-electron chi connectivity index (χ4n) is 1.86. The summed E-state index contributed by atoms with van der Waals surface area (Å²) in [7, 11) is -3.49. The molecule has 0 saturated heterocycles. The smallest absolute Gasteiger partial charge is 0.240 e. The van der Waals surface area contributed by atoms with Crippen LogP contribution in [0, 0.1) is 0 Å². The third-order valence-corrected chi connectivity index (χ3v) is 4.46. The Morgan fingerprint density at radius 1 is 1.19 bits per heavy atom. The van der Waals surface area contributed by atoms with Gasteiger partial charge in [0.05, 0.1) is 4.90 Å². The second-order valence-corrected chi connectivity index (χ2v) is 6.32. The Balaban J connectivity index is 1.85. The molecular weight excluding hydrogens is 292 g/mol. The number of aromatic amines is 1. The van der Waals surface area contributed by atoms with Gasteiger partial charge in [-0.3, -0.25) is 5.10 Å². The lowest BCUT2D eigenvalue weighted by atomic mass is 10.2. The minimum Gasteiger partial charge on any atom is -0.396 e. The Bertz CT molecular complexity index is 639. The number of aryl methyl sites for hydroxylation is 1. The Morgan fingerprint density at radius 3 is 2.57 bits per heavy atom. The molecule has 21 heavy (non-hydrogen) atoms. The van der Waals surface area contributed by atoms with Crippen LogP contribution in [0.3, 0.4) is 0 Å². The van der Waals surface area contributed by atoms with Crippen LogP contribution in [0.4, 0.5) is 0 Å². The SMILES string of the molecule is O=S(=O)(NCCCc1ncn[nH]1)c1ccc(CCO)cc1. The summed E-state index contributed by atoms with van der Waals surface area (Å²) in [6, 6.07) is 6.51. The van der Waals surface area contributed by atoms with Gasteiger partial charge >= 0.3 is 0 Å². The molecule has 0 amide bonds. The number of aromatic nitrogens is 3. The van der Waals surface area contributed by atoms with E-state index in [1.165, 1.54) is 6.33 Å². The molecule has 114 valence electrons. The van der Waals surface area contributed by atoms with Gasteiger partial charge in [0.2, 0.25) is 10.0 Å². The van der Waals surface area contributed by atoms with E-state index >= 15 is 0 Å². The number of hydrogen-bond donors (Lipinski definition) is 3. The number of aliphatic hydroxyl groups excluding tert-OH is 1. The van der Waals surface area contributed by atoms with Crippen molar-refractivity contribution >= 4 is 10.0 Å². The van der Waals surface area contributed by atoms with Crippen molar-refractivity contribution in [1.29, 1.82) is 0 Å². The maximum atomic E-state index is 12.1. The van der Waals surface area contributed by atoms with Crippen LogP contribution in [0.2, 0.25) is 0 Å². The molecule has 0 aliphatic heterocycles. The molecule has 2 rings (SSSR count). The Hall–Kier alpha value is -1.77. The van der Waals surface area contributed by atoms with Crippen molar-refractivity contribution in [1.82, 2.24) is 19.9 Å². The third-order valence-electron chi connectivity index (χ3n) is 2.98. The van der Waals surface area contributed by atoms with Crippen molar-refractivity contribution in [2.75, 3.05) is 13.2 Å². The topological polar surface area (TPSA) is 108 Å². The van der Waals surface area contributed by atoms with Crippen LogP contribution in [0.25, 0.3) is 0 Å². The summed E-state index contributed by atoms with van der Waals surface area (Å²) in [5, 5.41) is 15.3. The van der Waals surface area contributed by atoms with Crippen molar-refractivity contribution < 1.29 is 13.5 Å². The Labute approximate surface area is 123 Å². The second kappa shape index (κ2) is 7.30. The van der Waals surface area contributed by atoms with Crippen molar-refractivity contribution in [3.05, 3.63) is 42.0 Å². The predicted octanol–water partition coefficient (Wildman–Crippen LogP) is 0.251. The van der Waals surface area contributed by atoms with Gasteiger partial charge in [0.15, 0.2) is 0 Å². The molecule has 1 aromatic heterocycles. The molecule has 0 radical (unpaired) electrons. The number of aliphatic hydroxyl groups is 1. The fraction of sp³-hybridized carbons (Fsp3) is 0.385. The first kappa shape index (κ1) is 15.6. The lowest BCUT2D eigenvalue weighted by Gasteiger charge is -2.07. The summed E-state index contributed by atoms with van der Waals surface area (Å²) in [5.41, 5.74) is 0.904. The van der Waals surface area contributed by atoms with Gasteiger partial charge in [-0.15, -0.1) is 0 Å². The van der Waals surface area contributed by atoms with E-state index in [1.807, 2.05) is 0 Å². The lowest BCUT2D eigenvalue weighted by Crippen LogP contribution is -2.25.